The summed E-state index contributed by atoms with van der Waals surface area (Å²) in [7, 11) is 0. The van der Waals surface area contributed by atoms with Crippen LogP contribution in [-0.4, -0.2) is 6.61 Å². The van der Waals surface area contributed by atoms with Gasteiger partial charge in [0.25, 0.3) is 0 Å². The van der Waals surface area contributed by atoms with E-state index in [1.54, 1.807) is 19.1 Å². The molecule has 13 heavy (non-hydrogen) atoms. The predicted molar refractivity (Wildman–Crippen MR) is 50.4 cm³/mol. The summed E-state index contributed by atoms with van der Waals surface area (Å²) in [5.41, 5.74) is 1.63. The molecule has 0 spiro atoms. The van der Waals surface area contributed by atoms with E-state index < -0.39 is 6.61 Å². The van der Waals surface area contributed by atoms with Gasteiger partial charge in [-0.1, -0.05) is 28.1 Å². The molecule has 1 aromatic carbocycles. The number of aryl methyl sites for hydroxylation is 1. The van der Waals surface area contributed by atoms with Crippen molar-refractivity contribution in [2.24, 2.45) is 0 Å². The van der Waals surface area contributed by atoms with Crippen LogP contribution in [0, 0.1) is 6.92 Å². The van der Waals surface area contributed by atoms with E-state index in [2.05, 4.69) is 20.7 Å². The van der Waals surface area contributed by atoms with E-state index in [1.807, 2.05) is 6.07 Å². The molecule has 4 heteroatoms. The molecule has 0 aliphatic rings. The van der Waals surface area contributed by atoms with Gasteiger partial charge >= 0.3 is 6.61 Å². The Bertz CT molecular complexity index is 289. The molecule has 0 fully saturated rings. The van der Waals surface area contributed by atoms with Gasteiger partial charge < -0.3 is 4.74 Å². The number of hydrogen-bond acceptors (Lipinski definition) is 1. The average molecular weight is 251 g/mol. The van der Waals surface area contributed by atoms with Gasteiger partial charge in [0.2, 0.25) is 0 Å². The van der Waals surface area contributed by atoms with Crippen LogP contribution in [0.25, 0.3) is 0 Å². The third-order valence-electron chi connectivity index (χ3n) is 1.62. The van der Waals surface area contributed by atoms with E-state index in [4.69, 9.17) is 0 Å². The van der Waals surface area contributed by atoms with Crippen molar-refractivity contribution in [3.05, 3.63) is 29.3 Å². The minimum absolute atomic E-state index is 0.243. The van der Waals surface area contributed by atoms with Crippen LogP contribution in [0.5, 0.6) is 5.75 Å². The summed E-state index contributed by atoms with van der Waals surface area (Å²) in [5.74, 6) is 0.243. The van der Waals surface area contributed by atoms with E-state index in [0.717, 1.165) is 5.56 Å². The van der Waals surface area contributed by atoms with E-state index in [9.17, 15) is 8.78 Å². The minimum Gasteiger partial charge on any atom is -0.435 e. The fraction of sp³-hybridized carbons (Fsp3) is 0.333. The largest absolute Gasteiger partial charge is 0.435 e. The van der Waals surface area contributed by atoms with Crippen molar-refractivity contribution in [1.82, 2.24) is 0 Å². The first-order valence-electron chi connectivity index (χ1n) is 3.74. The zero-order chi connectivity index (χ0) is 9.84. The maximum atomic E-state index is 11.9. The zero-order valence-electron chi connectivity index (χ0n) is 7.06. The normalized spacial score (nSPS) is 10.5. The number of halogens is 3. The Morgan fingerprint density at radius 3 is 2.69 bits per heavy atom. The molecule has 0 aromatic heterocycles. The van der Waals surface area contributed by atoms with Crippen LogP contribution < -0.4 is 4.74 Å². The maximum absolute atomic E-state index is 11.9. The molecule has 0 aliphatic heterocycles. The molecule has 0 aliphatic carbocycles. The number of hydrogen-bond donors (Lipinski definition) is 0. The summed E-state index contributed by atoms with van der Waals surface area (Å²) >= 11 is 3.24. The Balaban J connectivity index is 2.90. The van der Waals surface area contributed by atoms with Gasteiger partial charge in [-0.15, -0.1) is 0 Å². The predicted octanol–water partition coefficient (Wildman–Crippen LogP) is 3.49. The minimum atomic E-state index is -2.76. The third kappa shape index (κ3) is 2.95. The van der Waals surface area contributed by atoms with Crippen molar-refractivity contribution in [3.63, 3.8) is 0 Å². The van der Waals surface area contributed by atoms with Crippen molar-refractivity contribution < 1.29 is 13.5 Å². The first kappa shape index (κ1) is 10.4. The highest BCUT2D eigenvalue weighted by Gasteiger charge is 2.07. The van der Waals surface area contributed by atoms with Crippen molar-refractivity contribution >= 4 is 15.9 Å². The number of ether oxygens (including phenoxy) is 1. The van der Waals surface area contributed by atoms with Gasteiger partial charge in [-0.2, -0.15) is 8.78 Å². The molecule has 0 N–H and O–H groups in total. The third-order valence-corrected chi connectivity index (χ3v) is 2.27. The molecule has 0 saturated heterocycles. The lowest BCUT2D eigenvalue weighted by molar-refractivity contribution is -0.0503. The van der Waals surface area contributed by atoms with Crippen molar-refractivity contribution in [1.29, 1.82) is 0 Å². The van der Waals surface area contributed by atoms with Crippen LogP contribution >= 0.6 is 15.9 Å². The summed E-state index contributed by atoms with van der Waals surface area (Å²) in [6.07, 6.45) is 0. The molecule has 1 nitrogen and oxygen atoms in total. The molecular formula is C9H9BrF2O. The van der Waals surface area contributed by atoms with Gasteiger partial charge in [0, 0.05) is 5.33 Å². The first-order valence-corrected chi connectivity index (χ1v) is 4.86. The highest BCUT2D eigenvalue weighted by molar-refractivity contribution is 9.08. The summed E-state index contributed by atoms with van der Waals surface area (Å²) in [6.45, 7) is -1.03. The second-order valence-corrected chi connectivity index (χ2v) is 3.17. The van der Waals surface area contributed by atoms with E-state index in [0.29, 0.717) is 10.9 Å². The van der Waals surface area contributed by atoms with Gasteiger partial charge in [0.15, 0.2) is 0 Å². The van der Waals surface area contributed by atoms with Gasteiger partial charge in [0.1, 0.15) is 5.75 Å². The molecule has 0 unspecified atom stereocenters. The smallest absolute Gasteiger partial charge is 0.387 e. The zero-order valence-corrected chi connectivity index (χ0v) is 8.64. The molecular weight excluding hydrogens is 242 g/mol. The van der Waals surface area contributed by atoms with Crippen LogP contribution in [0.4, 0.5) is 8.78 Å². The van der Waals surface area contributed by atoms with Crippen molar-refractivity contribution in [2.45, 2.75) is 18.9 Å². The van der Waals surface area contributed by atoms with Crippen molar-refractivity contribution in [2.75, 3.05) is 0 Å². The van der Waals surface area contributed by atoms with E-state index in [-0.39, 0.29) is 5.75 Å². The number of alkyl halides is 3. The summed E-state index contributed by atoms with van der Waals surface area (Å²) in [4.78, 5) is 0. The van der Waals surface area contributed by atoms with E-state index in [1.165, 1.54) is 0 Å². The molecule has 72 valence electrons. The topological polar surface area (TPSA) is 9.23 Å². The Labute approximate surface area is 83.8 Å². The highest BCUT2D eigenvalue weighted by atomic mass is 79.9. The van der Waals surface area contributed by atoms with Gasteiger partial charge in [-0.3, -0.25) is 0 Å². The quantitative estimate of drug-likeness (QED) is 0.747. The fourth-order valence-electron chi connectivity index (χ4n) is 0.951. The monoisotopic (exact) mass is 250 g/mol. The summed E-state index contributed by atoms with van der Waals surface area (Å²) in [5, 5.41) is 0.632. The van der Waals surface area contributed by atoms with Gasteiger partial charge in [0.05, 0.1) is 0 Å². The van der Waals surface area contributed by atoms with Crippen LogP contribution in [0.1, 0.15) is 11.1 Å². The molecule has 0 bridgehead atoms. The Hall–Kier alpha value is -0.640. The lowest BCUT2D eigenvalue weighted by atomic mass is 10.1. The van der Waals surface area contributed by atoms with Crippen LogP contribution in [0.2, 0.25) is 0 Å². The van der Waals surface area contributed by atoms with E-state index >= 15 is 0 Å². The highest BCUT2D eigenvalue weighted by Crippen LogP contribution is 2.22. The molecule has 0 atom stereocenters. The standard InChI is InChI=1S/C9H9BrF2O/c1-6-2-3-7(5-10)4-8(6)13-9(11)12/h2-4,9H,5H2,1H3. The molecule has 0 heterocycles. The van der Waals surface area contributed by atoms with Gasteiger partial charge in [-0.05, 0) is 24.1 Å². The molecule has 1 rings (SSSR count). The summed E-state index contributed by atoms with van der Waals surface area (Å²) < 4.78 is 28.1. The maximum Gasteiger partial charge on any atom is 0.387 e. The Morgan fingerprint density at radius 1 is 1.46 bits per heavy atom. The molecule has 0 radical (unpaired) electrons. The lowest BCUT2D eigenvalue weighted by Crippen LogP contribution is -2.03. The second kappa shape index (κ2) is 4.56. The second-order valence-electron chi connectivity index (χ2n) is 2.61. The lowest BCUT2D eigenvalue weighted by Gasteiger charge is -2.08. The molecule has 1 aromatic rings. The molecule has 0 amide bonds. The number of benzene rings is 1. The van der Waals surface area contributed by atoms with Crippen molar-refractivity contribution in [3.8, 4) is 5.75 Å². The molecule has 0 saturated carbocycles. The average Bonchev–Trinajstić information content (AvgIpc) is 2.08. The Morgan fingerprint density at radius 2 is 2.15 bits per heavy atom. The number of rotatable bonds is 3. The van der Waals surface area contributed by atoms with Crippen LogP contribution in [0.15, 0.2) is 18.2 Å². The summed E-state index contributed by atoms with van der Waals surface area (Å²) in [6, 6.07) is 5.23. The SMILES string of the molecule is Cc1ccc(CBr)cc1OC(F)F. The Kier molecular flexibility index (Phi) is 3.66. The first-order chi connectivity index (χ1) is 6.13. The van der Waals surface area contributed by atoms with Gasteiger partial charge in [-0.25, -0.2) is 0 Å². The fourth-order valence-corrected chi connectivity index (χ4v) is 1.30. The van der Waals surface area contributed by atoms with Crippen LogP contribution in [-0.2, 0) is 5.33 Å². The van der Waals surface area contributed by atoms with Crippen LogP contribution in [0.3, 0.4) is 0 Å².